The number of phenolic OH excluding ortho intramolecular Hbond substituents is 1. The zero-order chi connectivity index (χ0) is 27.2. The van der Waals surface area contributed by atoms with Crippen molar-refractivity contribution in [3.8, 4) is 22.8 Å². The number of benzene rings is 1. The second-order valence-corrected chi connectivity index (χ2v) is 8.60. The fraction of sp³-hybridized carbons (Fsp3) is 0.577. The second-order valence-electron chi connectivity index (χ2n) is 8.60. The topological polar surface area (TPSA) is 115 Å². The molecule has 1 aromatic carbocycles. The molecule has 1 heterocycles. The SMILES string of the molecule is CCCCCC(CC)Nc1nnc(-c2ccc(OC(F)F)cc2O)c(CCCOC)c1CNC(=O)OC. The van der Waals surface area contributed by atoms with Crippen molar-refractivity contribution in [3.63, 3.8) is 0 Å². The lowest BCUT2D eigenvalue weighted by Gasteiger charge is -2.23. The number of aromatic hydroxyl groups is 1. The number of alkyl halides is 2. The number of methoxy groups -OCH3 is 2. The number of halogens is 2. The molecule has 1 atom stereocenters. The average molecular weight is 525 g/mol. The Morgan fingerprint density at radius 3 is 2.51 bits per heavy atom. The van der Waals surface area contributed by atoms with Crippen LogP contribution in [0.5, 0.6) is 11.5 Å². The molecule has 2 rings (SSSR count). The Balaban J connectivity index is 2.56. The number of nitrogens with zero attached hydrogens (tertiary/aromatic N) is 2. The highest BCUT2D eigenvalue weighted by molar-refractivity contribution is 5.74. The summed E-state index contributed by atoms with van der Waals surface area (Å²) in [5, 5.41) is 25.7. The molecule has 1 unspecified atom stereocenters. The summed E-state index contributed by atoms with van der Waals surface area (Å²) in [6, 6.07) is 4.07. The first kappa shape index (κ1) is 30.0. The Bertz CT molecular complexity index is 994. The summed E-state index contributed by atoms with van der Waals surface area (Å²) in [5.41, 5.74) is 2.13. The molecule has 9 nitrogen and oxygen atoms in total. The van der Waals surface area contributed by atoms with Gasteiger partial charge in [-0.15, -0.1) is 10.2 Å². The van der Waals surface area contributed by atoms with Crippen LogP contribution in [0.4, 0.5) is 19.4 Å². The maximum absolute atomic E-state index is 12.6. The number of carbonyl (C=O) groups excluding carboxylic acids is 1. The van der Waals surface area contributed by atoms with Crippen LogP contribution in [-0.4, -0.2) is 54.9 Å². The fourth-order valence-corrected chi connectivity index (χ4v) is 4.03. The summed E-state index contributed by atoms with van der Waals surface area (Å²) in [4.78, 5) is 11.9. The van der Waals surface area contributed by atoms with Gasteiger partial charge in [0.05, 0.1) is 13.7 Å². The lowest BCUT2D eigenvalue weighted by atomic mass is 9.96. The van der Waals surface area contributed by atoms with Crippen LogP contribution in [0, 0.1) is 0 Å². The van der Waals surface area contributed by atoms with Crippen molar-refractivity contribution in [1.29, 1.82) is 0 Å². The molecule has 0 aliphatic rings. The molecule has 0 fully saturated rings. The molecule has 0 saturated carbocycles. The molecular weight excluding hydrogens is 486 g/mol. The third kappa shape index (κ3) is 9.31. The Morgan fingerprint density at radius 2 is 1.89 bits per heavy atom. The first-order valence-corrected chi connectivity index (χ1v) is 12.6. The molecule has 0 saturated heterocycles. The molecule has 3 N–H and O–H groups in total. The van der Waals surface area contributed by atoms with Gasteiger partial charge in [0.15, 0.2) is 5.82 Å². The van der Waals surface area contributed by atoms with E-state index in [1.807, 2.05) is 0 Å². The van der Waals surface area contributed by atoms with Gasteiger partial charge in [-0.25, -0.2) is 4.79 Å². The van der Waals surface area contributed by atoms with Gasteiger partial charge in [0.25, 0.3) is 0 Å². The van der Waals surface area contributed by atoms with Gasteiger partial charge in [0.1, 0.15) is 17.2 Å². The maximum atomic E-state index is 12.6. The third-order valence-corrected chi connectivity index (χ3v) is 6.00. The molecule has 0 bridgehead atoms. The molecule has 0 aliphatic heterocycles. The molecule has 0 spiro atoms. The average Bonchev–Trinajstić information content (AvgIpc) is 2.87. The quantitative estimate of drug-likeness (QED) is 0.241. The number of aromatic nitrogens is 2. The Morgan fingerprint density at radius 1 is 1.11 bits per heavy atom. The standard InChI is InChI=1S/C26H38F2N4O5/c1-5-7-8-10-17(6-2)30-24-21(16-29-26(34)36-4)19(11-9-14-35-3)23(31-32-24)20-13-12-18(15-22(20)33)37-25(27)28/h12-13,15,17,25,33H,5-11,14,16H2,1-4H3,(H,29,34)(H,30,32). The van der Waals surface area contributed by atoms with Crippen molar-refractivity contribution in [2.24, 2.45) is 0 Å². The van der Waals surface area contributed by atoms with Gasteiger partial charge in [-0.05, 0) is 43.4 Å². The highest BCUT2D eigenvalue weighted by atomic mass is 19.3. The van der Waals surface area contributed by atoms with E-state index in [9.17, 15) is 18.7 Å². The number of ether oxygens (including phenoxy) is 3. The van der Waals surface area contributed by atoms with E-state index in [-0.39, 0.29) is 24.1 Å². The Hall–Kier alpha value is -3.21. The number of unbranched alkanes of at least 4 members (excludes halogenated alkanes) is 2. The second kappa shape index (κ2) is 15.8. The van der Waals surface area contributed by atoms with E-state index in [2.05, 4.69) is 39.4 Å². The van der Waals surface area contributed by atoms with Gasteiger partial charge in [-0.3, -0.25) is 0 Å². The van der Waals surface area contributed by atoms with Crippen molar-refractivity contribution in [1.82, 2.24) is 15.5 Å². The fourth-order valence-electron chi connectivity index (χ4n) is 4.03. The third-order valence-electron chi connectivity index (χ3n) is 6.00. The molecule has 11 heteroatoms. The lowest BCUT2D eigenvalue weighted by Crippen LogP contribution is -2.27. The number of rotatable bonds is 16. The Kier molecular flexibility index (Phi) is 12.8. The zero-order valence-electron chi connectivity index (χ0n) is 22.0. The minimum atomic E-state index is -3.01. The number of alkyl carbamates (subject to hydrolysis) is 1. The highest BCUT2D eigenvalue weighted by Gasteiger charge is 2.22. The molecule has 0 radical (unpaired) electrons. The maximum Gasteiger partial charge on any atom is 0.407 e. The first-order valence-electron chi connectivity index (χ1n) is 12.6. The van der Waals surface area contributed by atoms with Gasteiger partial charge in [-0.1, -0.05) is 33.1 Å². The number of hydrogen-bond donors (Lipinski definition) is 3. The van der Waals surface area contributed by atoms with Crippen LogP contribution in [0.15, 0.2) is 18.2 Å². The van der Waals surface area contributed by atoms with Crippen molar-refractivity contribution in [2.45, 2.75) is 78.0 Å². The van der Waals surface area contributed by atoms with Crippen LogP contribution in [0.3, 0.4) is 0 Å². The summed E-state index contributed by atoms with van der Waals surface area (Å²) >= 11 is 0. The van der Waals surface area contributed by atoms with E-state index in [0.717, 1.165) is 43.7 Å². The number of hydrogen-bond acceptors (Lipinski definition) is 8. The molecule has 1 amide bonds. The summed E-state index contributed by atoms with van der Waals surface area (Å²) in [5.74, 6) is 0.0842. The van der Waals surface area contributed by atoms with Crippen LogP contribution < -0.4 is 15.4 Å². The summed E-state index contributed by atoms with van der Waals surface area (Å²) in [6.07, 6.45) is 5.71. The van der Waals surface area contributed by atoms with Crippen LogP contribution in [-0.2, 0) is 22.4 Å². The van der Waals surface area contributed by atoms with Gasteiger partial charge in [0.2, 0.25) is 0 Å². The Labute approximate surface area is 216 Å². The smallest absolute Gasteiger partial charge is 0.407 e. The minimum absolute atomic E-state index is 0.110. The molecule has 2 aromatic rings. The van der Waals surface area contributed by atoms with Gasteiger partial charge >= 0.3 is 12.7 Å². The monoisotopic (exact) mass is 524 g/mol. The zero-order valence-corrected chi connectivity index (χ0v) is 22.0. The predicted octanol–water partition coefficient (Wildman–Crippen LogP) is 5.66. The van der Waals surface area contributed by atoms with E-state index in [4.69, 9.17) is 9.47 Å². The number of phenols is 1. The van der Waals surface area contributed by atoms with Crippen molar-refractivity contribution in [3.05, 3.63) is 29.3 Å². The lowest BCUT2D eigenvalue weighted by molar-refractivity contribution is -0.0499. The highest BCUT2D eigenvalue weighted by Crippen LogP contribution is 2.36. The first-order chi connectivity index (χ1) is 17.8. The molecule has 1 aromatic heterocycles. The van der Waals surface area contributed by atoms with E-state index in [1.54, 1.807) is 7.11 Å². The normalized spacial score (nSPS) is 11.9. The molecule has 0 aliphatic carbocycles. The van der Waals surface area contributed by atoms with Crippen LogP contribution in [0.1, 0.15) is 63.5 Å². The van der Waals surface area contributed by atoms with Crippen LogP contribution >= 0.6 is 0 Å². The molecule has 206 valence electrons. The largest absolute Gasteiger partial charge is 0.507 e. The predicted molar refractivity (Wildman–Crippen MR) is 137 cm³/mol. The van der Waals surface area contributed by atoms with Gasteiger partial charge in [-0.2, -0.15) is 8.78 Å². The van der Waals surface area contributed by atoms with Crippen LogP contribution in [0.25, 0.3) is 11.3 Å². The van der Waals surface area contributed by atoms with E-state index in [0.29, 0.717) is 42.1 Å². The summed E-state index contributed by atoms with van der Waals surface area (Å²) in [7, 11) is 2.89. The van der Waals surface area contributed by atoms with Crippen molar-refractivity contribution >= 4 is 11.9 Å². The van der Waals surface area contributed by atoms with Gasteiger partial charge < -0.3 is 30.0 Å². The molecule has 37 heavy (non-hydrogen) atoms. The van der Waals surface area contributed by atoms with Gasteiger partial charge in [0, 0.05) is 37.0 Å². The number of carbonyl (C=O) groups is 1. The van der Waals surface area contributed by atoms with Crippen molar-refractivity contribution < 1.29 is 32.9 Å². The minimum Gasteiger partial charge on any atom is -0.507 e. The molecular formula is C26H38F2N4O5. The number of anilines is 1. The number of nitrogens with one attached hydrogen (secondary N) is 2. The van der Waals surface area contributed by atoms with E-state index < -0.39 is 12.7 Å². The van der Waals surface area contributed by atoms with E-state index in [1.165, 1.54) is 19.2 Å². The summed E-state index contributed by atoms with van der Waals surface area (Å²) in [6.45, 7) is 1.83. The van der Waals surface area contributed by atoms with Crippen LogP contribution in [0.2, 0.25) is 0 Å². The van der Waals surface area contributed by atoms with E-state index >= 15 is 0 Å². The van der Waals surface area contributed by atoms with Crippen molar-refractivity contribution in [2.75, 3.05) is 26.1 Å². The summed E-state index contributed by atoms with van der Waals surface area (Å²) < 4.78 is 39.6. The number of amides is 1.